The molecule has 2 saturated heterocycles. The van der Waals surface area contributed by atoms with Gasteiger partial charge in [0.25, 0.3) is 0 Å². The Labute approximate surface area is 72.0 Å². The molecule has 2 fully saturated rings. The Morgan fingerprint density at radius 3 is 2.92 bits per heavy atom. The van der Waals surface area contributed by atoms with Crippen LogP contribution in [0.15, 0.2) is 0 Å². The topological polar surface area (TPSA) is 53.7 Å². The fourth-order valence-electron chi connectivity index (χ4n) is 1.92. The minimum absolute atomic E-state index is 0.0000463. The molecule has 0 aromatic rings. The van der Waals surface area contributed by atoms with Crippen molar-refractivity contribution in [1.82, 2.24) is 0 Å². The zero-order chi connectivity index (χ0) is 8.77. The first-order valence-electron chi connectivity index (χ1n) is 4.25. The van der Waals surface area contributed by atoms with Crippen LogP contribution >= 0.6 is 0 Å². The number of hydrogen-bond donors (Lipinski definition) is 1. The third-order valence-electron chi connectivity index (χ3n) is 2.88. The van der Waals surface area contributed by atoms with Gasteiger partial charge in [-0.2, -0.15) is 0 Å². The summed E-state index contributed by atoms with van der Waals surface area (Å²) in [6.45, 7) is 3.25. The second-order valence-electron chi connectivity index (χ2n) is 3.59. The lowest BCUT2D eigenvalue weighted by molar-refractivity contribution is -0.0387. The van der Waals surface area contributed by atoms with E-state index in [1.54, 1.807) is 7.11 Å². The number of rotatable bonds is 1. The number of ether oxygens (including phenoxy) is 3. The molecule has 2 aliphatic rings. The first-order valence-corrected chi connectivity index (χ1v) is 4.25. The Kier molecular flexibility index (Phi) is 1.88. The minimum Gasteiger partial charge on any atom is -0.376 e. The molecule has 2 rings (SSSR count). The molecule has 0 aromatic carbocycles. The van der Waals surface area contributed by atoms with Gasteiger partial charge in [-0.05, 0) is 0 Å². The Morgan fingerprint density at radius 2 is 2.25 bits per heavy atom. The maximum atomic E-state index is 6.05. The van der Waals surface area contributed by atoms with Crippen molar-refractivity contribution in [2.75, 3.05) is 20.3 Å². The molecular weight excluding hydrogens is 158 g/mol. The molecule has 0 aromatic heterocycles. The number of nitrogens with two attached hydrogens (primary N) is 1. The average molecular weight is 173 g/mol. The van der Waals surface area contributed by atoms with Crippen LogP contribution in [0.4, 0.5) is 0 Å². The molecule has 4 nitrogen and oxygen atoms in total. The Hall–Kier alpha value is -0.160. The van der Waals surface area contributed by atoms with Crippen molar-refractivity contribution in [1.29, 1.82) is 0 Å². The third-order valence-corrected chi connectivity index (χ3v) is 2.88. The zero-order valence-corrected chi connectivity index (χ0v) is 7.45. The van der Waals surface area contributed by atoms with E-state index in [4.69, 9.17) is 19.9 Å². The van der Waals surface area contributed by atoms with E-state index in [1.807, 2.05) is 6.92 Å². The van der Waals surface area contributed by atoms with Crippen LogP contribution in [0, 0.1) is 5.92 Å². The van der Waals surface area contributed by atoms with Gasteiger partial charge in [0.2, 0.25) is 0 Å². The van der Waals surface area contributed by atoms with Crippen LogP contribution in [0.5, 0.6) is 0 Å². The van der Waals surface area contributed by atoms with Crippen molar-refractivity contribution in [3.05, 3.63) is 0 Å². The lowest BCUT2D eigenvalue weighted by atomic mass is 9.96. The number of hydrogen-bond acceptors (Lipinski definition) is 4. The summed E-state index contributed by atoms with van der Waals surface area (Å²) in [7, 11) is 1.66. The summed E-state index contributed by atoms with van der Waals surface area (Å²) >= 11 is 0. The smallest absolute Gasteiger partial charge is 0.150 e. The van der Waals surface area contributed by atoms with Crippen molar-refractivity contribution < 1.29 is 14.2 Å². The van der Waals surface area contributed by atoms with Crippen molar-refractivity contribution in [2.24, 2.45) is 11.7 Å². The summed E-state index contributed by atoms with van der Waals surface area (Å²) in [5, 5.41) is 0. The molecule has 2 aliphatic heterocycles. The number of fused-ring (bicyclic) bond motifs is 1. The largest absolute Gasteiger partial charge is 0.376 e. The monoisotopic (exact) mass is 173 g/mol. The highest BCUT2D eigenvalue weighted by Gasteiger charge is 2.56. The van der Waals surface area contributed by atoms with Gasteiger partial charge in [0.1, 0.15) is 12.2 Å². The SMILES string of the molecule is CO[C@@H]1CO[C@]2(N)[C@H](C)CO[C@H]12. The van der Waals surface area contributed by atoms with Crippen LogP contribution < -0.4 is 5.73 Å². The maximum Gasteiger partial charge on any atom is 0.150 e. The summed E-state index contributed by atoms with van der Waals surface area (Å²) in [5.74, 6) is 0.252. The molecule has 12 heavy (non-hydrogen) atoms. The van der Waals surface area contributed by atoms with Gasteiger partial charge < -0.3 is 19.9 Å². The molecule has 70 valence electrons. The van der Waals surface area contributed by atoms with E-state index >= 15 is 0 Å². The first kappa shape index (κ1) is 8.44. The highest BCUT2D eigenvalue weighted by atomic mass is 16.6. The fraction of sp³-hybridized carbons (Fsp3) is 1.00. The predicted octanol–water partition coefficient (Wildman–Crippen LogP) is -0.278. The van der Waals surface area contributed by atoms with Gasteiger partial charge in [-0.15, -0.1) is 0 Å². The first-order chi connectivity index (χ1) is 5.68. The summed E-state index contributed by atoms with van der Waals surface area (Å²) in [4.78, 5) is 0. The normalized spacial score (nSPS) is 52.8. The van der Waals surface area contributed by atoms with E-state index in [1.165, 1.54) is 0 Å². The van der Waals surface area contributed by atoms with E-state index in [-0.39, 0.29) is 18.1 Å². The van der Waals surface area contributed by atoms with E-state index < -0.39 is 5.72 Å². The molecule has 4 heteroatoms. The summed E-state index contributed by atoms with van der Waals surface area (Å²) < 4.78 is 16.2. The van der Waals surface area contributed by atoms with E-state index in [0.29, 0.717) is 13.2 Å². The standard InChI is InChI=1S/C8H15NO3/c1-5-3-11-7-6(10-2)4-12-8(5,7)9/h5-7H,3-4,9H2,1-2H3/t5-,6-,7-,8-/m1/s1. The lowest BCUT2D eigenvalue weighted by Crippen LogP contribution is -2.51. The third kappa shape index (κ3) is 0.925. The van der Waals surface area contributed by atoms with E-state index in [0.717, 1.165) is 0 Å². The van der Waals surface area contributed by atoms with Crippen LogP contribution in [-0.4, -0.2) is 38.3 Å². The molecule has 0 aliphatic carbocycles. The van der Waals surface area contributed by atoms with Gasteiger partial charge in [0.15, 0.2) is 5.72 Å². The zero-order valence-electron chi connectivity index (χ0n) is 7.45. The molecule has 2 N–H and O–H groups in total. The average Bonchev–Trinajstić information content (AvgIpc) is 2.51. The molecule has 4 atom stereocenters. The molecular formula is C8H15NO3. The van der Waals surface area contributed by atoms with E-state index in [2.05, 4.69) is 0 Å². The van der Waals surface area contributed by atoms with Gasteiger partial charge in [-0.25, -0.2) is 0 Å². The van der Waals surface area contributed by atoms with Crippen LogP contribution in [0.1, 0.15) is 6.92 Å². The van der Waals surface area contributed by atoms with Crippen molar-refractivity contribution in [3.8, 4) is 0 Å². The molecule has 0 amide bonds. The minimum atomic E-state index is -0.610. The molecule has 0 spiro atoms. The van der Waals surface area contributed by atoms with Gasteiger partial charge in [0, 0.05) is 13.0 Å². The Bertz CT molecular complexity index is 187. The fourth-order valence-corrected chi connectivity index (χ4v) is 1.92. The Morgan fingerprint density at radius 1 is 1.50 bits per heavy atom. The number of methoxy groups -OCH3 is 1. The summed E-state index contributed by atoms with van der Waals surface area (Å²) in [6, 6.07) is 0. The molecule has 0 saturated carbocycles. The van der Waals surface area contributed by atoms with Gasteiger partial charge in [0.05, 0.1) is 13.2 Å². The lowest BCUT2D eigenvalue weighted by Gasteiger charge is -2.25. The molecule has 0 bridgehead atoms. The van der Waals surface area contributed by atoms with E-state index in [9.17, 15) is 0 Å². The van der Waals surface area contributed by atoms with Gasteiger partial charge in [-0.3, -0.25) is 0 Å². The van der Waals surface area contributed by atoms with Gasteiger partial charge >= 0.3 is 0 Å². The molecule has 2 heterocycles. The van der Waals surface area contributed by atoms with Crippen LogP contribution in [0.2, 0.25) is 0 Å². The van der Waals surface area contributed by atoms with Crippen LogP contribution in [0.3, 0.4) is 0 Å². The highest BCUT2D eigenvalue weighted by molar-refractivity contribution is 5.02. The quantitative estimate of drug-likeness (QED) is 0.592. The second-order valence-corrected chi connectivity index (χ2v) is 3.59. The maximum absolute atomic E-state index is 6.05. The van der Waals surface area contributed by atoms with Gasteiger partial charge in [-0.1, -0.05) is 6.92 Å². The summed E-state index contributed by atoms with van der Waals surface area (Å²) in [5.41, 5.74) is 5.44. The highest BCUT2D eigenvalue weighted by Crippen LogP contribution is 2.37. The van der Waals surface area contributed by atoms with Crippen molar-refractivity contribution in [3.63, 3.8) is 0 Å². The molecule has 0 unspecified atom stereocenters. The van der Waals surface area contributed by atoms with Crippen molar-refractivity contribution in [2.45, 2.75) is 24.9 Å². The van der Waals surface area contributed by atoms with Crippen LogP contribution in [0.25, 0.3) is 0 Å². The Balaban J connectivity index is 2.17. The second kappa shape index (κ2) is 2.67. The predicted molar refractivity (Wildman–Crippen MR) is 42.6 cm³/mol. The summed E-state index contributed by atoms with van der Waals surface area (Å²) in [6.07, 6.45) is -0.0857. The molecule has 0 radical (unpaired) electrons. The van der Waals surface area contributed by atoms with Crippen LogP contribution in [-0.2, 0) is 14.2 Å². The van der Waals surface area contributed by atoms with Crippen molar-refractivity contribution >= 4 is 0 Å².